The number of hydrogen-bond donors (Lipinski definition) is 0. The molecular formula is C16H21N3O4. The Morgan fingerprint density at radius 2 is 1.78 bits per heavy atom. The zero-order valence-corrected chi connectivity index (χ0v) is 13.1. The highest BCUT2D eigenvalue weighted by atomic mass is 16.3. The zero-order chi connectivity index (χ0) is 16.2. The van der Waals surface area contributed by atoms with Gasteiger partial charge in [0.1, 0.15) is 6.26 Å². The second kappa shape index (κ2) is 6.85. The van der Waals surface area contributed by atoms with Crippen molar-refractivity contribution in [3.8, 4) is 0 Å². The summed E-state index contributed by atoms with van der Waals surface area (Å²) in [6.07, 6.45) is 5.33. The highest BCUT2D eigenvalue weighted by Crippen LogP contribution is 2.12. The van der Waals surface area contributed by atoms with E-state index in [0.29, 0.717) is 44.7 Å². The number of amides is 3. The van der Waals surface area contributed by atoms with Crippen molar-refractivity contribution in [2.45, 2.75) is 19.3 Å². The molecule has 7 heteroatoms. The van der Waals surface area contributed by atoms with Crippen molar-refractivity contribution in [2.24, 2.45) is 0 Å². The SMILES string of the molecule is O=C(CN1CCCCC1=O)N1CCN(C(=O)c2ccoc2)CC1. The van der Waals surface area contributed by atoms with Crippen LogP contribution in [0.4, 0.5) is 0 Å². The summed E-state index contributed by atoms with van der Waals surface area (Å²) < 4.78 is 4.93. The van der Waals surface area contributed by atoms with E-state index >= 15 is 0 Å². The number of likely N-dealkylation sites (tertiary alicyclic amines) is 1. The fraction of sp³-hybridized carbons (Fsp3) is 0.562. The van der Waals surface area contributed by atoms with Crippen LogP contribution in [0.25, 0.3) is 0 Å². The molecule has 23 heavy (non-hydrogen) atoms. The Morgan fingerprint density at radius 1 is 1.04 bits per heavy atom. The maximum absolute atomic E-state index is 12.3. The molecule has 1 aromatic rings. The van der Waals surface area contributed by atoms with Crippen LogP contribution >= 0.6 is 0 Å². The monoisotopic (exact) mass is 319 g/mol. The molecule has 3 rings (SSSR count). The quantitative estimate of drug-likeness (QED) is 0.817. The van der Waals surface area contributed by atoms with E-state index in [-0.39, 0.29) is 24.3 Å². The van der Waals surface area contributed by atoms with Gasteiger partial charge >= 0.3 is 0 Å². The first-order chi connectivity index (χ1) is 11.1. The molecule has 0 aromatic carbocycles. The number of furan rings is 1. The maximum Gasteiger partial charge on any atom is 0.257 e. The molecule has 7 nitrogen and oxygen atoms in total. The van der Waals surface area contributed by atoms with E-state index in [4.69, 9.17) is 4.42 Å². The predicted molar refractivity (Wildman–Crippen MR) is 81.6 cm³/mol. The molecule has 0 radical (unpaired) electrons. The first kappa shape index (κ1) is 15.6. The van der Waals surface area contributed by atoms with Gasteiger partial charge in [0.25, 0.3) is 5.91 Å². The van der Waals surface area contributed by atoms with E-state index in [1.165, 1.54) is 12.5 Å². The summed E-state index contributed by atoms with van der Waals surface area (Å²) >= 11 is 0. The maximum atomic E-state index is 12.3. The van der Waals surface area contributed by atoms with Gasteiger partial charge in [0, 0.05) is 39.1 Å². The number of rotatable bonds is 3. The molecule has 0 unspecified atom stereocenters. The van der Waals surface area contributed by atoms with E-state index in [2.05, 4.69) is 0 Å². The molecule has 2 aliphatic rings. The summed E-state index contributed by atoms with van der Waals surface area (Å²) in [6.45, 7) is 2.85. The lowest BCUT2D eigenvalue weighted by Crippen LogP contribution is -2.53. The Bertz CT molecular complexity index is 576. The van der Waals surface area contributed by atoms with Gasteiger partial charge in [-0.15, -0.1) is 0 Å². The van der Waals surface area contributed by atoms with Gasteiger partial charge in [-0.2, -0.15) is 0 Å². The first-order valence-electron chi connectivity index (χ1n) is 8.02. The summed E-state index contributed by atoms with van der Waals surface area (Å²) in [5.41, 5.74) is 0.531. The summed E-state index contributed by atoms with van der Waals surface area (Å²) in [4.78, 5) is 41.4. The van der Waals surface area contributed by atoms with Crippen LogP contribution in [0.5, 0.6) is 0 Å². The smallest absolute Gasteiger partial charge is 0.257 e. The van der Waals surface area contributed by atoms with Gasteiger partial charge in [0.15, 0.2) is 0 Å². The predicted octanol–water partition coefficient (Wildman–Crippen LogP) is 0.577. The molecule has 1 aromatic heterocycles. The van der Waals surface area contributed by atoms with Crippen molar-refractivity contribution < 1.29 is 18.8 Å². The standard InChI is InChI=1S/C16H21N3O4/c20-14-3-1-2-5-19(14)11-15(21)17-6-8-18(9-7-17)16(22)13-4-10-23-12-13/h4,10,12H,1-3,5-9,11H2. The van der Waals surface area contributed by atoms with Crippen LogP contribution in [-0.2, 0) is 9.59 Å². The van der Waals surface area contributed by atoms with Gasteiger partial charge < -0.3 is 19.1 Å². The van der Waals surface area contributed by atoms with Gasteiger partial charge in [-0.1, -0.05) is 0 Å². The second-order valence-electron chi connectivity index (χ2n) is 5.96. The minimum absolute atomic E-state index is 0.0318. The summed E-state index contributed by atoms with van der Waals surface area (Å²) in [5, 5.41) is 0. The lowest BCUT2D eigenvalue weighted by atomic mass is 10.1. The molecule has 0 spiro atoms. The lowest BCUT2D eigenvalue weighted by molar-refractivity contribution is -0.142. The van der Waals surface area contributed by atoms with Gasteiger partial charge in [-0.05, 0) is 18.9 Å². The lowest BCUT2D eigenvalue weighted by Gasteiger charge is -2.36. The van der Waals surface area contributed by atoms with E-state index in [9.17, 15) is 14.4 Å². The molecule has 0 atom stereocenters. The molecule has 2 aliphatic heterocycles. The summed E-state index contributed by atoms with van der Waals surface area (Å²) in [7, 11) is 0. The number of nitrogens with zero attached hydrogens (tertiary/aromatic N) is 3. The molecule has 2 saturated heterocycles. The molecular weight excluding hydrogens is 298 g/mol. The topological polar surface area (TPSA) is 74.1 Å². The van der Waals surface area contributed by atoms with Gasteiger partial charge in [0.2, 0.25) is 11.8 Å². The van der Waals surface area contributed by atoms with Crippen molar-refractivity contribution in [2.75, 3.05) is 39.3 Å². The van der Waals surface area contributed by atoms with Crippen LogP contribution in [0, 0.1) is 0 Å². The van der Waals surface area contributed by atoms with Crippen LogP contribution in [0.3, 0.4) is 0 Å². The molecule has 0 saturated carbocycles. The van der Waals surface area contributed by atoms with Crippen molar-refractivity contribution in [1.82, 2.24) is 14.7 Å². The second-order valence-corrected chi connectivity index (χ2v) is 5.96. The molecule has 2 fully saturated rings. The fourth-order valence-corrected chi connectivity index (χ4v) is 3.02. The number of carbonyl (C=O) groups excluding carboxylic acids is 3. The van der Waals surface area contributed by atoms with Crippen LogP contribution in [0.1, 0.15) is 29.6 Å². The Kier molecular flexibility index (Phi) is 4.64. The average Bonchev–Trinajstić information content (AvgIpc) is 3.11. The van der Waals surface area contributed by atoms with E-state index in [1.807, 2.05) is 0 Å². The summed E-state index contributed by atoms with van der Waals surface area (Å²) in [5.74, 6) is -0.0360. The molecule has 3 amide bonds. The number of hydrogen-bond acceptors (Lipinski definition) is 4. The van der Waals surface area contributed by atoms with Crippen LogP contribution in [0.2, 0.25) is 0 Å². The van der Waals surface area contributed by atoms with Crippen LogP contribution in [0.15, 0.2) is 23.0 Å². The number of carbonyl (C=O) groups is 3. The number of piperazine rings is 1. The highest BCUT2D eigenvalue weighted by molar-refractivity contribution is 5.94. The molecule has 0 bridgehead atoms. The van der Waals surface area contributed by atoms with Crippen molar-refractivity contribution in [3.63, 3.8) is 0 Å². The molecule has 3 heterocycles. The third kappa shape index (κ3) is 3.55. The average molecular weight is 319 g/mol. The van der Waals surface area contributed by atoms with Gasteiger partial charge in [-0.25, -0.2) is 0 Å². The minimum atomic E-state index is -0.0722. The normalized spacial score (nSPS) is 19.1. The first-order valence-corrected chi connectivity index (χ1v) is 8.02. The third-order valence-corrected chi connectivity index (χ3v) is 4.44. The Hall–Kier alpha value is -2.31. The molecule has 0 N–H and O–H groups in total. The van der Waals surface area contributed by atoms with Crippen molar-refractivity contribution in [3.05, 3.63) is 24.2 Å². The fourth-order valence-electron chi connectivity index (χ4n) is 3.02. The van der Waals surface area contributed by atoms with Crippen molar-refractivity contribution >= 4 is 17.7 Å². The molecule has 124 valence electrons. The Morgan fingerprint density at radius 3 is 2.43 bits per heavy atom. The third-order valence-electron chi connectivity index (χ3n) is 4.44. The van der Waals surface area contributed by atoms with Gasteiger partial charge in [0.05, 0.1) is 18.4 Å². The zero-order valence-electron chi connectivity index (χ0n) is 13.1. The van der Waals surface area contributed by atoms with Gasteiger partial charge in [-0.3, -0.25) is 14.4 Å². The van der Waals surface area contributed by atoms with Crippen LogP contribution < -0.4 is 0 Å². The van der Waals surface area contributed by atoms with E-state index in [0.717, 1.165) is 12.8 Å². The van der Waals surface area contributed by atoms with E-state index < -0.39 is 0 Å². The van der Waals surface area contributed by atoms with Crippen molar-refractivity contribution in [1.29, 1.82) is 0 Å². The molecule has 0 aliphatic carbocycles. The minimum Gasteiger partial charge on any atom is -0.472 e. The van der Waals surface area contributed by atoms with Crippen LogP contribution in [-0.4, -0.2) is 71.7 Å². The van der Waals surface area contributed by atoms with E-state index in [1.54, 1.807) is 20.8 Å². The Labute approximate surface area is 134 Å². The summed E-state index contributed by atoms with van der Waals surface area (Å²) in [6, 6.07) is 1.64. The highest BCUT2D eigenvalue weighted by Gasteiger charge is 2.27. The largest absolute Gasteiger partial charge is 0.472 e. The number of piperidine rings is 1. The Balaban J connectivity index is 1.49.